The first-order chi connectivity index (χ1) is 8.56. The fourth-order valence-electron chi connectivity index (χ4n) is 1.56. The summed E-state index contributed by atoms with van der Waals surface area (Å²) in [5, 5.41) is 14.3. The van der Waals surface area contributed by atoms with Gasteiger partial charge in [-0.3, -0.25) is 4.79 Å². The van der Waals surface area contributed by atoms with Crippen molar-refractivity contribution >= 4 is 11.7 Å². The third-order valence-corrected chi connectivity index (χ3v) is 2.73. The number of hydrogen-bond donors (Lipinski definition) is 3. The molecule has 0 aromatic heterocycles. The first-order valence-electron chi connectivity index (χ1n) is 5.90. The first-order valence-corrected chi connectivity index (χ1v) is 5.90. The molecule has 0 saturated heterocycles. The van der Waals surface area contributed by atoms with Gasteiger partial charge in [0.05, 0.1) is 0 Å². The SMILES string of the molecule is CCC(CC(N)=NO)NC(=O)c1ccc(C)cc1. The lowest BCUT2D eigenvalue weighted by molar-refractivity contribution is 0.0937. The quantitative estimate of drug-likeness (QED) is 0.321. The molecule has 0 saturated carbocycles. The molecular weight excluding hydrogens is 230 g/mol. The van der Waals surface area contributed by atoms with Gasteiger partial charge in [0.1, 0.15) is 5.84 Å². The Hall–Kier alpha value is -2.04. The maximum atomic E-state index is 11.9. The zero-order valence-electron chi connectivity index (χ0n) is 10.7. The number of amidine groups is 1. The van der Waals surface area contributed by atoms with Crippen molar-refractivity contribution in [3.05, 3.63) is 35.4 Å². The zero-order chi connectivity index (χ0) is 13.5. The Balaban J connectivity index is 2.64. The molecule has 1 atom stereocenters. The molecule has 1 aromatic carbocycles. The predicted octanol–water partition coefficient (Wildman–Crippen LogP) is 1.64. The lowest BCUT2D eigenvalue weighted by Crippen LogP contribution is -2.37. The van der Waals surface area contributed by atoms with Crippen molar-refractivity contribution in [3.8, 4) is 0 Å². The smallest absolute Gasteiger partial charge is 0.251 e. The van der Waals surface area contributed by atoms with E-state index in [0.29, 0.717) is 18.4 Å². The summed E-state index contributed by atoms with van der Waals surface area (Å²) >= 11 is 0. The van der Waals surface area contributed by atoms with Gasteiger partial charge in [-0.05, 0) is 25.5 Å². The normalized spacial score (nSPS) is 13.1. The van der Waals surface area contributed by atoms with Crippen LogP contribution in [0.4, 0.5) is 0 Å². The molecule has 0 bridgehead atoms. The third kappa shape index (κ3) is 4.08. The first kappa shape index (κ1) is 14.0. The Labute approximate surface area is 107 Å². The van der Waals surface area contributed by atoms with Crippen LogP contribution in [0.15, 0.2) is 29.4 Å². The number of aryl methyl sites for hydroxylation is 1. The fraction of sp³-hybridized carbons (Fsp3) is 0.385. The number of benzene rings is 1. The predicted molar refractivity (Wildman–Crippen MR) is 70.8 cm³/mol. The summed E-state index contributed by atoms with van der Waals surface area (Å²) in [6.07, 6.45) is 1.05. The number of hydrogen-bond acceptors (Lipinski definition) is 3. The minimum Gasteiger partial charge on any atom is -0.409 e. The highest BCUT2D eigenvalue weighted by Crippen LogP contribution is 2.05. The van der Waals surface area contributed by atoms with Crippen molar-refractivity contribution in [2.45, 2.75) is 32.7 Å². The Morgan fingerprint density at radius 3 is 2.56 bits per heavy atom. The molecule has 1 rings (SSSR count). The largest absolute Gasteiger partial charge is 0.409 e. The summed E-state index contributed by atoms with van der Waals surface area (Å²) in [7, 11) is 0. The van der Waals surface area contributed by atoms with Crippen LogP contribution in [0.5, 0.6) is 0 Å². The fourth-order valence-corrected chi connectivity index (χ4v) is 1.56. The molecule has 5 nitrogen and oxygen atoms in total. The lowest BCUT2D eigenvalue weighted by Gasteiger charge is -2.16. The van der Waals surface area contributed by atoms with E-state index in [-0.39, 0.29) is 17.8 Å². The highest BCUT2D eigenvalue weighted by atomic mass is 16.4. The second-order valence-corrected chi connectivity index (χ2v) is 4.24. The molecule has 1 aromatic rings. The molecule has 0 aliphatic carbocycles. The average molecular weight is 249 g/mol. The van der Waals surface area contributed by atoms with E-state index in [4.69, 9.17) is 10.9 Å². The number of rotatable bonds is 5. The van der Waals surface area contributed by atoms with Gasteiger partial charge in [0, 0.05) is 18.0 Å². The van der Waals surface area contributed by atoms with Crippen molar-refractivity contribution < 1.29 is 10.0 Å². The third-order valence-electron chi connectivity index (χ3n) is 2.73. The van der Waals surface area contributed by atoms with Gasteiger partial charge in [-0.15, -0.1) is 0 Å². The minimum atomic E-state index is -0.146. The van der Waals surface area contributed by atoms with E-state index < -0.39 is 0 Å². The average Bonchev–Trinajstić information content (AvgIpc) is 2.38. The Kier molecular flexibility index (Phi) is 5.17. The molecule has 98 valence electrons. The van der Waals surface area contributed by atoms with Crippen LogP contribution in [0, 0.1) is 6.92 Å². The number of nitrogens with two attached hydrogens (primary N) is 1. The summed E-state index contributed by atoms with van der Waals surface area (Å²) in [6, 6.07) is 7.20. The van der Waals surface area contributed by atoms with E-state index in [1.54, 1.807) is 12.1 Å². The second kappa shape index (κ2) is 6.64. The number of nitrogens with zero attached hydrogens (tertiary/aromatic N) is 1. The second-order valence-electron chi connectivity index (χ2n) is 4.24. The molecule has 18 heavy (non-hydrogen) atoms. The van der Waals surface area contributed by atoms with Crippen molar-refractivity contribution in [1.82, 2.24) is 5.32 Å². The van der Waals surface area contributed by atoms with E-state index in [9.17, 15) is 4.79 Å². The number of nitrogens with one attached hydrogen (secondary N) is 1. The standard InChI is InChI=1S/C13H19N3O2/c1-3-11(8-12(14)16-18)15-13(17)10-6-4-9(2)5-7-10/h4-7,11,18H,3,8H2,1-2H3,(H2,14,16)(H,15,17). The van der Waals surface area contributed by atoms with Crippen LogP contribution in [-0.2, 0) is 0 Å². The van der Waals surface area contributed by atoms with E-state index in [1.807, 2.05) is 26.0 Å². The molecule has 1 amide bonds. The van der Waals surface area contributed by atoms with Crippen LogP contribution >= 0.6 is 0 Å². The molecule has 0 fully saturated rings. The minimum absolute atomic E-state index is 0.117. The van der Waals surface area contributed by atoms with Gasteiger partial charge < -0.3 is 16.3 Å². The van der Waals surface area contributed by atoms with Crippen molar-refractivity contribution in [3.63, 3.8) is 0 Å². The van der Waals surface area contributed by atoms with Crippen LogP contribution < -0.4 is 11.1 Å². The van der Waals surface area contributed by atoms with Gasteiger partial charge in [-0.1, -0.05) is 29.8 Å². The molecule has 4 N–H and O–H groups in total. The monoisotopic (exact) mass is 249 g/mol. The van der Waals surface area contributed by atoms with Gasteiger partial charge in [-0.25, -0.2) is 0 Å². The van der Waals surface area contributed by atoms with Crippen molar-refractivity contribution in [1.29, 1.82) is 0 Å². The molecular formula is C13H19N3O2. The van der Waals surface area contributed by atoms with Crippen LogP contribution in [0.2, 0.25) is 0 Å². The maximum Gasteiger partial charge on any atom is 0.251 e. The van der Waals surface area contributed by atoms with Crippen molar-refractivity contribution in [2.24, 2.45) is 10.9 Å². The van der Waals surface area contributed by atoms with E-state index in [2.05, 4.69) is 10.5 Å². The summed E-state index contributed by atoms with van der Waals surface area (Å²) in [5.41, 5.74) is 7.15. The summed E-state index contributed by atoms with van der Waals surface area (Å²) in [6.45, 7) is 3.90. The highest BCUT2D eigenvalue weighted by molar-refractivity contribution is 5.94. The van der Waals surface area contributed by atoms with E-state index in [1.165, 1.54) is 0 Å². The van der Waals surface area contributed by atoms with Gasteiger partial charge in [0.25, 0.3) is 5.91 Å². The Morgan fingerprint density at radius 2 is 2.06 bits per heavy atom. The number of oxime groups is 1. The van der Waals surface area contributed by atoms with Gasteiger partial charge in [0.2, 0.25) is 0 Å². The summed E-state index contributed by atoms with van der Waals surface area (Å²) in [4.78, 5) is 11.9. The number of carbonyl (C=O) groups excluding carboxylic acids is 1. The maximum absolute atomic E-state index is 11.9. The van der Waals surface area contributed by atoms with Gasteiger partial charge >= 0.3 is 0 Å². The Bertz CT molecular complexity index is 426. The van der Waals surface area contributed by atoms with Gasteiger partial charge in [-0.2, -0.15) is 0 Å². The van der Waals surface area contributed by atoms with Crippen LogP contribution in [-0.4, -0.2) is 23.0 Å². The highest BCUT2D eigenvalue weighted by Gasteiger charge is 2.13. The molecule has 0 spiro atoms. The van der Waals surface area contributed by atoms with Crippen LogP contribution in [0.1, 0.15) is 35.7 Å². The number of amides is 1. The van der Waals surface area contributed by atoms with E-state index in [0.717, 1.165) is 5.56 Å². The van der Waals surface area contributed by atoms with Crippen LogP contribution in [0.25, 0.3) is 0 Å². The van der Waals surface area contributed by atoms with Crippen LogP contribution in [0.3, 0.4) is 0 Å². The number of carbonyl (C=O) groups is 1. The molecule has 0 radical (unpaired) electrons. The molecule has 0 aliphatic heterocycles. The molecule has 1 unspecified atom stereocenters. The summed E-state index contributed by atoms with van der Waals surface area (Å²) in [5.74, 6) is -0.0290. The molecule has 0 aliphatic rings. The Morgan fingerprint density at radius 1 is 1.44 bits per heavy atom. The van der Waals surface area contributed by atoms with E-state index >= 15 is 0 Å². The van der Waals surface area contributed by atoms with Crippen molar-refractivity contribution in [2.75, 3.05) is 0 Å². The molecule has 5 heteroatoms. The zero-order valence-corrected chi connectivity index (χ0v) is 10.7. The molecule has 0 heterocycles. The van der Waals surface area contributed by atoms with Gasteiger partial charge in [0.15, 0.2) is 0 Å². The summed E-state index contributed by atoms with van der Waals surface area (Å²) < 4.78 is 0. The lowest BCUT2D eigenvalue weighted by atomic mass is 10.1. The topological polar surface area (TPSA) is 87.7 Å².